The SMILES string of the molecule is COP(F)(F)=NP1(F)=NP(F)(F)=NP(F)(F)=N1. The molecule has 0 aromatic rings. The first-order valence-electron chi connectivity index (χ1n) is 3.37. The molecular weight excluding hydrogens is 341 g/mol. The molecule has 1 rings (SSSR count). The summed E-state index contributed by atoms with van der Waals surface area (Å²) in [4.78, 5) is 0. The Bertz CT molecular complexity index is 527. The van der Waals surface area contributed by atoms with Crippen LogP contribution in [0.25, 0.3) is 0 Å². The van der Waals surface area contributed by atoms with Crippen LogP contribution < -0.4 is 0 Å². The van der Waals surface area contributed by atoms with Crippen LogP contribution in [0.4, 0.5) is 29.4 Å². The van der Waals surface area contributed by atoms with Gasteiger partial charge >= 0.3 is 31.2 Å². The molecule has 0 aliphatic carbocycles. The minimum atomic E-state index is -6.01. The van der Waals surface area contributed by atoms with Gasteiger partial charge in [0.2, 0.25) is 0 Å². The lowest BCUT2D eigenvalue weighted by molar-refractivity contribution is 0.381. The van der Waals surface area contributed by atoms with Gasteiger partial charge < -0.3 is 0 Å². The van der Waals surface area contributed by atoms with Crippen LogP contribution in [0, 0.1) is 0 Å². The van der Waals surface area contributed by atoms with E-state index in [-0.39, 0.29) is 0 Å². The second-order valence-corrected chi connectivity index (χ2v) is 9.29. The predicted molar refractivity (Wildman–Crippen MR) is 52.2 cm³/mol. The van der Waals surface area contributed by atoms with Crippen molar-refractivity contribution in [3.63, 3.8) is 0 Å². The molecule has 0 aromatic carbocycles. The molecule has 0 radical (unpaired) electrons. The number of hydrogen-bond acceptors (Lipinski definition) is 5. The van der Waals surface area contributed by atoms with Crippen molar-refractivity contribution in [2.45, 2.75) is 0 Å². The van der Waals surface area contributed by atoms with Gasteiger partial charge in [-0.15, -0.1) is 43.2 Å². The zero-order chi connectivity index (χ0) is 13.5. The van der Waals surface area contributed by atoms with Gasteiger partial charge in [0.25, 0.3) is 0 Å². The third-order valence-corrected chi connectivity index (χ3v) is 8.54. The van der Waals surface area contributed by atoms with Crippen LogP contribution in [0.2, 0.25) is 0 Å². The maximum Gasteiger partial charge on any atom is 0.440 e. The summed E-state index contributed by atoms with van der Waals surface area (Å²) in [6.07, 6.45) is 0. The van der Waals surface area contributed by atoms with Crippen LogP contribution in [0.5, 0.6) is 0 Å². The lowest BCUT2D eigenvalue weighted by atomic mass is 11.8. The predicted octanol–water partition coefficient (Wildman–Crippen LogP) is 7.22. The van der Waals surface area contributed by atoms with E-state index in [2.05, 4.69) is 4.52 Å². The van der Waals surface area contributed by atoms with Crippen molar-refractivity contribution in [1.29, 1.82) is 0 Å². The van der Waals surface area contributed by atoms with Gasteiger partial charge in [-0.1, -0.05) is 0 Å². The summed E-state index contributed by atoms with van der Waals surface area (Å²) < 4.78 is 99.7. The Hall–Kier alpha value is 0.390. The van der Waals surface area contributed by atoms with Crippen LogP contribution in [0.15, 0.2) is 18.1 Å². The average molecular weight is 344 g/mol. The lowest BCUT2D eigenvalue weighted by Gasteiger charge is -2.13. The number of halogens is 7. The maximum absolute atomic E-state index is 13.4. The van der Waals surface area contributed by atoms with Crippen LogP contribution >= 0.6 is 31.2 Å². The Balaban J connectivity index is 3.54. The number of rotatable bonds is 2. The van der Waals surface area contributed by atoms with Gasteiger partial charge in [0.1, 0.15) is 0 Å². The van der Waals surface area contributed by atoms with Gasteiger partial charge in [-0.3, -0.25) is 4.52 Å². The van der Waals surface area contributed by atoms with Crippen molar-refractivity contribution in [3.05, 3.63) is 0 Å². The van der Waals surface area contributed by atoms with Crippen molar-refractivity contribution in [1.82, 2.24) is 0 Å². The van der Waals surface area contributed by atoms with E-state index < -0.39 is 31.2 Å². The molecule has 17 heavy (non-hydrogen) atoms. The first kappa shape index (κ1) is 15.4. The zero-order valence-electron chi connectivity index (χ0n) is 7.63. The highest BCUT2D eigenvalue weighted by atomic mass is 31.3. The van der Waals surface area contributed by atoms with Crippen LogP contribution in [0.1, 0.15) is 0 Å². The third kappa shape index (κ3) is 4.52. The Morgan fingerprint density at radius 1 is 0.941 bits per heavy atom. The van der Waals surface area contributed by atoms with Crippen LogP contribution in [-0.4, -0.2) is 7.11 Å². The minimum absolute atomic E-state index is 0.429. The van der Waals surface area contributed by atoms with E-state index in [1.807, 2.05) is 13.5 Å². The molecule has 1 aliphatic rings. The minimum Gasteiger partial charge on any atom is -0.299 e. The molecule has 1 unspecified atom stereocenters. The molecule has 0 fully saturated rings. The largest absolute Gasteiger partial charge is 0.440 e. The molecule has 1 aliphatic heterocycles. The van der Waals surface area contributed by atoms with E-state index in [1.54, 1.807) is 4.52 Å². The molecular formula is CH3F7N4OP4. The van der Waals surface area contributed by atoms with E-state index in [1.165, 1.54) is 0 Å². The molecule has 0 bridgehead atoms. The molecule has 102 valence electrons. The Labute approximate surface area is 91.1 Å². The van der Waals surface area contributed by atoms with Gasteiger partial charge in [0.05, 0.1) is 0 Å². The van der Waals surface area contributed by atoms with Crippen molar-refractivity contribution in [2.75, 3.05) is 7.11 Å². The van der Waals surface area contributed by atoms with Crippen molar-refractivity contribution in [2.24, 2.45) is 18.1 Å². The summed E-state index contributed by atoms with van der Waals surface area (Å²) in [6, 6.07) is 0. The van der Waals surface area contributed by atoms with E-state index in [9.17, 15) is 29.4 Å². The Morgan fingerprint density at radius 3 is 1.82 bits per heavy atom. The molecule has 1 atom stereocenters. The first-order valence-corrected chi connectivity index (χ1v) is 9.31. The fourth-order valence-corrected chi connectivity index (χ4v) is 7.57. The van der Waals surface area contributed by atoms with Crippen LogP contribution in [-0.2, 0) is 4.52 Å². The smallest absolute Gasteiger partial charge is 0.299 e. The fraction of sp³-hybridized carbons (Fsp3) is 1.00. The van der Waals surface area contributed by atoms with Gasteiger partial charge in [0.15, 0.2) is 0 Å². The summed E-state index contributed by atoms with van der Waals surface area (Å²) in [5.41, 5.74) is 0. The second-order valence-electron chi connectivity index (χ2n) is 2.38. The summed E-state index contributed by atoms with van der Waals surface area (Å²) >= 11 is 0. The Kier molecular flexibility index (Phi) is 4.08. The molecule has 0 amide bonds. The standard InChI is InChI=1S/CH3F7N4OP4/c1-13-16(6,7)12-17(8)10-14(2,3)9-15(4,5)11-17/h1H3. The normalized spacial score (nSPS) is 30.8. The quantitative estimate of drug-likeness (QED) is 0.385. The van der Waals surface area contributed by atoms with Crippen LogP contribution in [0.3, 0.4) is 0 Å². The molecule has 0 N–H and O–H groups in total. The molecule has 1 heterocycles. The van der Waals surface area contributed by atoms with Crippen molar-refractivity contribution < 1.29 is 33.9 Å². The maximum atomic E-state index is 13.4. The highest BCUT2D eigenvalue weighted by molar-refractivity contribution is 7.80. The second kappa shape index (κ2) is 4.49. The van der Waals surface area contributed by atoms with Gasteiger partial charge in [-0.05, 0) is 0 Å². The molecule has 0 saturated carbocycles. The molecule has 5 nitrogen and oxygen atoms in total. The topological polar surface area (TPSA) is 58.7 Å². The van der Waals surface area contributed by atoms with Crippen molar-refractivity contribution >= 4 is 31.2 Å². The fourth-order valence-electron chi connectivity index (χ4n) is 0.662. The molecule has 16 heteroatoms. The van der Waals surface area contributed by atoms with E-state index >= 15 is 0 Å². The van der Waals surface area contributed by atoms with E-state index in [4.69, 9.17) is 0 Å². The highest BCUT2D eigenvalue weighted by Crippen LogP contribution is 2.84. The third-order valence-electron chi connectivity index (χ3n) is 1.10. The summed E-state index contributed by atoms with van der Waals surface area (Å²) in [7, 11) is -23.0. The molecule has 0 aromatic heterocycles. The average Bonchev–Trinajstić information content (AvgIpc) is 1.94. The van der Waals surface area contributed by atoms with Gasteiger partial charge in [-0.25, -0.2) is 0 Å². The van der Waals surface area contributed by atoms with E-state index in [0.717, 1.165) is 0 Å². The number of nitrogens with zero attached hydrogens (tertiary/aromatic N) is 4. The van der Waals surface area contributed by atoms with Gasteiger partial charge in [-0.2, -0.15) is 4.20 Å². The highest BCUT2D eigenvalue weighted by Gasteiger charge is 2.41. The molecule has 0 saturated heterocycles. The van der Waals surface area contributed by atoms with E-state index in [0.29, 0.717) is 7.11 Å². The summed E-state index contributed by atoms with van der Waals surface area (Å²) in [6.45, 7) is 0. The number of hydrogen-bond donors (Lipinski definition) is 0. The lowest BCUT2D eigenvalue weighted by Crippen LogP contribution is -1.74. The van der Waals surface area contributed by atoms with Crippen molar-refractivity contribution in [3.8, 4) is 0 Å². The van der Waals surface area contributed by atoms with Gasteiger partial charge in [0, 0.05) is 7.11 Å². The summed E-state index contributed by atoms with van der Waals surface area (Å²) in [5.74, 6) is 0. The zero-order valence-corrected chi connectivity index (χ0v) is 11.2. The Morgan fingerprint density at radius 2 is 1.41 bits per heavy atom. The summed E-state index contributed by atoms with van der Waals surface area (Å²) in [5, 5.41) is 0. The molecule has 0 spiro atoms. The monoisotopic (exact) mass is 344 g/mol. The first-order chi connectivity index (χ1) is 7.39.